The van der Waals surface area contributed by atoms with Crippen LogP contribution in [0.4, 0.5) is 0 Å². The summed E-state index contributed by atoms with van der Waals surface area (Å²) in [7, 11) is 2.16. The molecule has 0 aromatic heterocycles. The molecular weight excluding hydrogens is 170 g/mol. The van der Waals surface area contributed by atoms with Crippen molar-refractivity contribution in [2.75, 3.05) is 13.6 Å². The second kappa shape index (κ2) is 3.45. The third-order valence-corrected chi connectivity index (χ3v) is 3.50. The monoisotopic (exact) mass is 191 g/mol. The van der Waals surface area contributed by atoms with Crippen molar-refractivity contribution >= 4 is 0 Å². The van der Waals surface area contributed by atoms with Crippen LogP contribution in [-0.2, 0) is 0 Å². The van der Waals surface area contributed by atoms with Crippen LogP contribution >= 0.6 is 0 Å². The molecular formula is C13H21N. The zero-order valence-electron chi connectivity index (χ0n) is 9.53. The first-order valence-electron chi connectivity index (χ1n) is 5.86. The van der Waals surface area contributed by atoms with E-state index in [-0.39, 0.29) is 0 Å². The minimum absolute atomic E-state index is 0.423. The quantitative estimate of drug-likeness (QED) is 0.532. The van der Waals surface area contributed by atoms with Gasteiger partial charge in [0.15, 0.2) is 0 Å². The second-order valence-electron chi connectivity index (χ2n) is 4.69. The molecule has 3 aliphatic rings. The van der Waals surface area contributed by atoms with Crippen LogP contribution in [-0.4, -0.2) is 18.5 Å². The van der Waals surface area contributed by atoms with Crippen molar-refractivity contribution in [2.45, 2.75) is 26.7 Å². The van der Waals surface area contributed by atoms with E-state index in [1.807, 2.05) is 13.8 Å². The van der Waals surface area contributed by atoms with Crippen LogP contribution in [0, 0.1) is 17.3 Å². The van der Waals surface area contributed by atoms with E-state index in [9.17, 15) is 0 Å². The zero-order valence-corrected chi connectivity index (χ0v) is 9.53. The van der Waals surface area contributed by atoms with Crippen molar-refractivity contribution in [3.63, 3.8) is 0 Å². The normalized spacial score (nSPS) is 42.1. The molecule has 1 aliphatic heterocycles. The predicted octanol–water partition coefficient (Wildman–Crippen LogP) is 3.05. The van der Waals surface area contributed by atoms with Crippen molar-refractivity contribution < 1.29 is 0 Å². The van der Waals surface area contributed by atoms with E-state index < -0.39 is 0 Å². The topological polar surface area (TPSA) is 3.24 Å². The minimum Gasteiger partial charge on any atom is -0.379 e. The van der Waals surface area contributed by atoms with Crippen molar-refractivity contribution in [2.24, 2.45) is 17.3 Å². The minimum atomic E-state index is 0.423. The number of nitrogens with zero attached hydrogens (tertiary/aromatic N) is 1. The lowest BCUT2D eigenvalue weighted by Crippen LogP contribution is -2.26. The molecule has 0 amide bonds. The molecule has 3 rings (SSSR count). The van der Waals surface area contributed by atoms with Gasteiger partial charge in [0.2, 0.25) is 0 Å². The first-order valence-corrected chi connectivity index (χ1v) is 5.86. The summed E-state index contributed by atoms with van der Waals surface area (Å²) in [5, 5.41) is 0. The van der Waals surface area contributed by atoms with E-state index in [2.05, 4.69) is 36.4 Å². The van der Waals surface area contributed by atoms with Crippen LogP contribution < -0.4 is 0 Å². The molecule has 0 radical (unpaired) electrons. The summed E-state index contributed by atoms with van der Waals surface area (Å²) in [5.41, 5.74) is 0.423. The van der Waals surface area contributed by atoms with Gasteiger partial charge in [0.05, 0.1) is 0 Å². The Morgan fingerprint density at radius 3 is 2.64 bits per heavy atom. The molecule has 3 unspecified atom stereocenters. The maximum atomic E-state index is 2.45. The fourth-order valence-corrected chi connectivity index (χ4v) is 2.70. The molecule has 1 heterocycles. The highest BCUT2D eigenvalue weighted by molar-refractivity contribution is 5.25. The van der Waals surface area contributed by atoms with Gasteiger partial charge in [-0.15, -0.1) is 0 Å². The number of allylic oxidation sites excluding steroid dienone is 1. The van der Waals surface area contributed by atoms with Gasteiger partial charge in [-0.2, -0.15) is 0 Å². The Labute approximate surface area is 87.5 Å². The largest absolute Gasteiger partial charge is 0.379 e. The zero-order chi connectivity index (χ0) is 10.2. The van der Waals surface area contributed by atoms with Crippen LogP contribution in [0.3, 0.4) is 0 Å². The van der Waals surface area contributed by atoms with Gasteiger partial charge in [-0.25, -0.2) is 0 Å². The molecule has 0 bridgehead atoms. The standard InChI is InChI=1S/C11H15N.C2H6/c1-12-5-4-11(8-12)3-2-9-6-10(9)7-11;1-2/h2-5,9-10H,6-8H2,1H3;1-2H3. The Kier molecular flexibility index (Phi) is 2.42. The van der Waals surface area contributed by atoms with E-state index >= 15 is 0 Å². The lowest BCUT2D eigenvalue weighted by molar-refractivity contribution is 0.328. The number of rotatable bonds is 0. The van der Waals surface area contributed by atoms with E-state index in [4.69, 9.17) is 0 Å². The van der Waals surface area contributed by atoms with Gasteiger partial charge in [-0.1, -0.05) is 32.1 Å². The lowest BCUT2D eigenvalue weighted by Gasteiger charge is -2.27. The van der Waals surface area contributed by atoms with Crippen molar-refractivity contribution in [3.05, 3.63) is 24.4 Å². The first-order chi connectivity index (χ1) is 6.77. The Bertz CT molecular complexity index is 266. The third kappa shape index (κ3) is 1.60. The van der Waals surface area contributed by atoms with Gasteiger partial charge in [0.1, 0.15) is 0 Å². The van der Waals surface area contributed by atoms with Crippen LogP contribution in [0.2, 0.25) is 0 Å². The molecule has 1 saturated carbocycles. The summed E-state index contributed by atoms with van der Waals surface area (Å²) in [6.07, 6.45) is 12.4. The highest BCUT2D eigenvalue weighted by Crippen LogP contribution is 2.53. The van der Waals surface area contributed by atoms with Gasteiger partial charge >= 0.3 is 0 Å². The number of hydrogen-bond acceptors (Lipinski definition) is 1. The maximum Gasteiger partial charge on any atom is 0.0296 e. The number of hydrogen-bond donors (Lipinski definition) is 0. The molecule has 1 nitrogen and oxygen atoms in total. The average Bonchev–Trinajstić information content (AvgIpc) is 2.87. The smallest absolute Gasteiger partial charge is 0.0296 e. The third-order valence-electron chi connectivity index (χ3n) is 3.50. The van der Waals surface area contributed by atoms with Crippen LogP contribution in [0.1, 0.15) is 26.7 Å². The molecule has 0 aromatic carbocycles. The van der Waals surface area contributed by atoms with Gasteiger partial charge in [0.25, 0.3) is 0 Å². The molecule has 0 N–H and O–H groups in total. The molecule has 1 heteroatoms. The fourth-order valence-electron chi connectivity index (χ4n) is 2.70. The van der Waals surface area contributed by atoms with Gasteiger partial charge in [-0.05, 0) is 30.9 Å². The van der Waals surface area contributed by atoms with Crippen LogP contribution in [0.5, 0.6) is 0 Å². The molecule has 0 aromatic rings. The van der Waals surface area contributed by atoms with E-state index in [0.717, 1.165) is 11.8 Å². The molecule has 78 valence electrons. The van der Waals surface area contributed by atoms with Crippen molar-refractivity contribution in [1.82, 2.24) is 4.90 Å². The average molecular weight is 191 g/mol. The Hall–Kier alpha value is -0.720. The first kappa shape index (κ1) is 9.82. The molecule has 14 heavy (non-hydrogen) atoms. The van der Waals surface area contributed by atoms with Crippen molar-refractivity contribution in [3.8, 4) is 0 Å². The maximum absolute atomic E-state index is 2.45. The van der Waals surface area contributed by atoms with Gasteiger partial charge in [0, 0.05) is 19.0 Å². The summed E-state index contributed by atoms with van der Waals surface area (Å²) >= 11 is 0. The molecule has 3 atom stereocenters. The summed E-state index contributed by atoms with van der Waals surface area (Å²) in [6, 6.07) is 0. The molecule has 2 aliphatic carbocycles. The summed E-state index contributed by atoms with van der Waals surface area (Å²) in [6.45, 7) is 5.20. The Morgan fingerprint density at radius 1 is 1.29 bits per heavy atom. The van der Waals surface area contributed by atoms with E-state index in [1.165, 1.54) is 19.4 Å². The van der Waals surface area contributed by atoms with Crippen molar-refractivity contribution in [1.29, 1.82) is 0 Å². The summed E-state index contributed by atoms with van der Waals surface area (Å²) in [5.74, 6) is 1.97. The van der Waals surface area contributed by atoms with E-state index in [0.29, 0.717) is 5.41 Å². The van der Waals surface area contributed by atoms with Crippen LogP contribution in [0.25, 0.3) is 0 Å². The Morgan fingerprint density at radius 2 is 2.07 bits per heavy atom. The highest BCUT2D eigenvalue weighted by atomic mass is 15.1. The summed E-state index contributed by atoms with van der Waals surface area (Å²) in [4.78, 5) is 2.30. The molecule has 1 fully saturated rings. The van der Waals surface area contributed by atoms with Crippen LogP contribution in [0.15, 0.2) is 24.4 Å². The Balaban J connectivity index is 0.000000354. The lowest BCUT2D eigenvalue weighted by atomic mass is 9.80. The molecule has 1 spiro atoms. The summed E-state index contributed by atoms with van der Waals surface area (Å²) < 4.78 is 0. The highest BCUT2D eigenvalue weighted by Gasteiger charge is 2.45. The predicted molar refractivity (Wildman–Crippen MR) is 60.9 cm³/mol. The number of fused-ring (bicyclic) bond motifs is 1. The van der Waals surface area contributed by atoms with Gasteiger partial charge in [-0.3, -0.25) is 0 Å². The fraction of sp³-hybridized carbons (Fsp3) is 0.692. The second-order valence-corrected chi connectivity index (χ2v) is 4.69. The molecule has 0 saturated heterocycles. The SMILES string of the molecule is CC.CN1C=CC2(C=CC3CC3C2)C1. The van der Waals surface area contributed by atoms with Gasteiger partial charge < -0.3 is 4.90 Å². The van der Waals surface area contributed by atoms with E-state index in [1.54, 1.807) is 0 Å².